The minimum absolute atomic E-state index is 0.00222. The van der Waals surface area contributed by atoms with Crippen molar-refractivity contribution < 1.29 is 14.3 Å². The molecule has 1 aromatic rings. The third-order valence-corrected chi connectivity index (χ3v) is 4.84. The molecule has 1 aliphatic carbocycles. The van der Waals surface area contributed by atoms with Crippen molar-refractivity contribution in [1.82, 2.24) is 5.32 Å². The largest absolute Gasteiger partial charge is 0.501 e. The summed E-state index contributed by atoms with van der Waals surface area (Å²) in [6, 6.07) is 5.93. The molecule has 1 aliphatic heterocycles. The second kappa shape index (κ2) is 5.27. The molecule has 1 N–H and O–H groups in total. The summed E-state index contributed by atoms with van der Waals surface area (Å²) in [5, 5.41) is 2.97. The Balaban J connectivity index is 1.96. The molecule has 22 heavy (non-hydrogen) atoms. The van der Waals surface area contributed by atoms with Gasteiger partial charge in [0.25, 0.3) is 0 Å². The standard InChI is InChI=1S/C18H21NO3/c1-11-4-5-12(2)14(10-11)15-16(20)18(19-17(15)21)8-6-13(22-3)7-9-18/h4-6,10,15H,7-9H2,1-3H3,(H,19,21). The van der Waals surface area contributed by atoms with Gasteiger partial charge in [0.1, 0.15) is 11.5 Å². The highest BCUT2D eigenvalue weighted by molar-refractivity contribution is 6.17. The summed E-state index contributed by atoms with van der Waals surface area (Å²) in [5.74, 6) is 0.0332. The maximum Gasteiger partial charge on any atom is 0.235 e. The first-order valence-corrected chi connectivity index (χ1v) is 7.63. The number of ether oxygens (including phenoxy) is 1. The van der Waals surface area contributed by atoms with Gasteiger partial charge < -0.3 is 10.1 Å². The van der Waals surface area contributed by atoms with Crippen LogP contribution >= 0.6 is 0 Å². The van der Waals surface area contributed by atoms with E-state index in [1.54, 1.807) is 7.11 Å². The smallest absolute Gasteiger partial charge is 0.235 e. The van der Waals surface area contributed by atoms with E-state index in [1.807, 2.05) is 38.1 Å². The van der Waals surface area contributed by atoms with E-state index in [0.717, 1.165) is 22.4 Å². The number of nitrogens with one attached hydrogen (secondary N) is 1. The lowest BCUT2D eigenvalue weighted by molar-refractivity contribution is -0.125. The van der Waals surface area contributed by atoms with Crippen molar-refractivity contribution in [2.45, 2.75) is 44.6 Å². The highest BCUT2D eigenvalue weighted by atomic mass is 16.5. The van der Waals surface area contributed by atoms with Crippen LogP contribution in [0, 0.1) is 13.8 Å². The van der Waals surface area contributed by atoms with Crippen molar-refractivity contribution in [3.8, 4) is 0 Å². The predicted molar refractivity (Wildman–Crippen MR) is 83.5 cm³/mol. The summed E-state index contributed by atoms with van der Waals surface area (Å²) in [6.07, 6.45) is 3.73. The molecule has 3 rings (SSSR count). The molecular formula is C18H21NO3. The second-order valence-electron chi connectivity index (χ2n) is 6.31. The van der Waals surface area contributed by atoms with Crippen molar-refractivity contribution >= 4 is 11.7 Å². The number of Topliss-reactive ketones (excluding diaryl/α,β-unsaturated/α-hetero) is 1. The molecule has 1 fully saturated rings. The lowest BCUT2D eigenvalue weighted by Gasteiger charge is -2.30. The summed E-state index contributed by atoms with van der Waals surface area (Å²) >= 11 is 0. The Bertz CT molecular complexity index is 677. The second-order valence-corrected chi connectivity index (χ2v) is 6.31. The first-order valence-electron chi connectivity index (χ1n) is 7.63. The SMILES string of the molecule is COC1=CCC2(CC1)NC(=O)C(c1cc(C)ccc1C)C2=O. The van der Waals surface area contributed by atoms with Crippen LogP contribution in [0.2, 0.25) is 0 Å². The summed E-state index contributed by atoms with van der Waals surface area (Å²) in [7, 11) is 1.64. The number of amides is 1. The number of carbonyl (C=O) groups excluding carboxylic acids is 2. The normalized spacial score (nSPS) is 27.8. The minimum atomic E-state index is -0.750. The molecule has 1 spiro atoms. The van der Waals surface area contributed by atoms with E-state index in [1.165, 1.54) is 0 Å². The van der Waals surface area contributed by atoms with Gasteiger partial charge in [0, 0.05) is 6.42 Å². The van der Waals surface area contributed by atoms with Crippen molar-refractivity contribution in [3.63, 3.8) is 0 Å². The van der Waals surface area contributed by atoms with Gasteiger partial charge in [-0.3, -0.25) is 9.59 Å². The van der Waals surface area contributed by atoms with Crippen LogP contribution in [0.25, 0.3) is 0 Å². The number of rotatable bonds is 2. The third kappa shape index (κ3) is 2.23. The molecule has 2 aliphatic rings. The fourth-order valence-electron chi connectivity index (χ4n) is 3.47. The molecule has 0 bridgehead atoms. The number of hydrogen-bond acceptors (Lipinski definition) is 3. The van der Waals surface area contributed by atoms with Gasteiger partial charge in [-0.2, -0.15) is 0 Å². The Labute approximate surface area is 130 Å². The fourth-order valence-corrected chi connectivity index (χ4v) is 3.47. The monoisotopic (exact) mass is 299 g/mol. The van der Waals surface area contributed by atoms with Crippen molar-refractivity contribution in [2.75, 3.05) is 7.11 Å². The van der Waals surface area contributed by atoms with E-state index in [4.69, 9.17) is 4.74 Å². The third-order valence-electron chi connectivity index (χ3n) is 4.84. The van der Waals surface area contributed by atoms with Crippen molar-refractivity contribution in [2.24, 2.45) is 0 Å². The Morgan fingerprint density at radius 1 is 1.27 bits per heavy atom. The molecule has 1 aromatic carbocycles. The summed E-state index contributed by atoms with van der Waals surface area (Å²) in [5.41, 5.74) is 2.13. The van der Waals surface area contributed by atoms with Gasteiger partial charge in [0.2, 0.25) is 5.91 Å². The topological polar surface area (TPSA) is 55.4 Å². The van der Waals surface area contributed by atoms with Crippen LogP contribution in [0.15, 0.2) is 30.0 Å². The zero-order valence-corrected chi connectivity index (χ0v) is 13.2. The Morgan fingerprint density at radius 3 is 2.68 bits per heavy atom. The molecule has 4 nitrogen and oxygen atoms in total. The lowest BCUT2D eigenvalue weighted by atomic mass is 9.78. The highest BCUT2D eigenvalue weighted by Crippen LogP contribution is 2.39. The van der Waals surface area contributed by atoms with Gasteiger partial charge in [0.15, 0.2) is 5.78 Å². The van der Waals surface area contributed by atoms with Crippen LogP contribution in [0.1, 0.15) is 41.9 Å². The fraction of sp³-hybridized carbons (Fsp3) is 0.444. The lowest BCUT2D eigenvalue weighted by Crippen LogP contribution is -2.47. The van der Waals surface area contributed by atoms with Crippen LogP contribution in [0.5, 0.6) is 0 Å². The highest BCUT2D eigenvalue weighted by Gasteiger charge is 2.53. The van der Waals surface area contributed by atoms with Crippen LogP contribution < -0.4 is 5.32 Å². The molecule has 1 amide bonds. The van der Waals surface area contributed by atoms with Crippen LogP contribution in [-0.2, 0) is 14.3 Å². The quantitative estimate of drug-likeness (QED) is 0.854. The molecule has 4 heteroatoms. The first kappa shape index (κ1) is 14.8. The Kier molecular flexibility index (Phi) is 3.55. The number of methoxy groups -OCH3 is 1. The van der Waals surface area contributed by atoms with Crippen molar-refractivity contribution in [1.29, 1.82) is 0 Å². The van der Waals surface area contributed by atoms with Crippen molar-refractivity contribution in [3.05, 3.63) is 46.7 Å². The summed E-state index contributed by atoms with van der Waals surface area (Å²) in [6.45, 7) is 3.92. The van der Waals surface area contributed by atoms with E-state index in [2.05, 4.69) is 5.32 Å². The van der Waals surface area contributed by atoms with Crippen LogP contribution in [-0.4, -0.2) is 24.3 Å². The van der Waals surface area contributed by atoms with Gasteiger partial charge in [0.05, 0.1) is 12.9 Å². The molecular weight excluding hydrogens is 278 g/mol. The van der Waals surface area contributed by atoms with E-state index in [0.29, 0.717) is 19.3 Å². The number of carbonyl (C=O) groups is 2. The molecule has 0 radical (unpaired) electrons. The molecule has 1 heterocycles. The molecule has 2 unspecified atom stereocenters. The minimum Gasteiger partial charge on any atom is -0.501 e. The number of hydrogen-bond donors (Lipinski definition) is 1. The van der Waals surface area contributed by atoms with Gasteiger partial charge in [-0.25, -0.2) is 0 Å². The van der Waals surface area contributed by atoms with E-state index >= 15 is 0 Å². The van der Waals surface area contributed by atoms with Gasteiger partial charge in [-0.05, 0) is 43.9 Å². The summed E-state index contributed by atoms with van der Waals surface area (Å²) in [4.78, 5) is 25.5. The number of ketones is 1. The van der Waals surface area contributed by atoms with Gasteiger partial charge in [-0.1, -0.05) is 23.8 Å². The molecule has 0 aromatic heterocycles. The Hall–Kier alpha value is -2.10. The zero-order chi connectivity index (χ0) is 15.9. The molecule has 1 saturated heterocycles. The average Bonchev–Trinajstić information content (AvgIpc) is 2.74. The average molecular weight is 299 g/mol. The zero-order valence-electron chi connectivity index (χ0n) is 13.2. The number of aryl methyl sites for hydroxylation is 2. The Morgan fingerprint density at radius 2 is 2.05 bits per heavy atom. The molecule has 0 saturated carbocycles. The predicted octanol–water partition coefficient (Wildman–Crippen LogP) is 2.54. The van der Waals surface area contributed by atoms with E-state index in [-0.39, 0.29) is 11.7 Å². The van der Waals surface area contributed by atoms with Gasteiger partial charge in [-0.15, -0.1) is 0 Å². The number of allylic oxidation sites excluding steroid dienone is 1. The number of benzene rings is 1. The van der Waals surface area contributed by atoms with E-state index < -0.39 is 11.5 Å². The molecule has 116 valence electrons. The van der Waals surface area contributed by atoms with Crippen LogP contribution in [0.3, 0.4) is 0 Å². The maximum atomic E-state index is 13.0. The summed E-state index contributed by atoms with van der Waals surface area (Å²) < 4.78 is 5.24. The molecule has 2 atom stereocenters. The van der Waals surface area contributed by atoms with Crippen LogP contribution in [0.4, 0.5) is 0 Å². The van der Waals surface area contributed by atoms with E-state index in [9.17, 15) is 9.59 Å². The maximum absolute atomic E-state index is 13.0. The van der Waals surface area contributed by atoms with Gasteiger partial charge >= 0.3 is 0 Å². The first-order chi connectivity index (χ1) is 10.5.